The highest BCUT2D eigenvalue weighted by atomic mass is 19.4. The van der Waals surface area contributed by atoms with Crippen LogP contribution in [0.15, 0.2) is 12.3 Å². The average Bonchev–Trinajstić information content (AvgIpc) is 1.98. The zero-order chi connectivity index (χ0) is 12.4. The van der Waals surface area contributed by atoms with Gasteiger partial charge in [0.15, 0.2) is 0 Å². The van der Waals surface area contributed by atoms with Gasteiger partial charge in [0, 0.05) is 11.7 Å². The molecule has 15 heavy (non-hydrogen) atoms. The molecule has 0 saturated heterocycles. The van der Waals surface area contributed by atoms with Crippen molar-refractivity contribution >= 4 is 0 Å². The quantitative estimate of drug-likeness (QED) is 0.770. The van der Waals surface area contributed by atoms with E-state index in [9.17, 15) is 18.3 Å². The summed E-state index contributed by atoms with van der Waals surface area (Å²) in [6.07, 6.45) is -4.72. The number of alkyl halides is 3. The van der Waals surface area contributed by atoms with Gasteiger partial charge in [-0.1, -0.05) is 20.4 Å². The van der Waals surface area contributed by atoms with Crippen molar-refractivity contribution in [3.05, 3.63) is 12.3 Å². The van der Waals surface area contributed by atoms with E-state index >= 15 is 0 Å². The number of aliphatic hydroxyl groups is 1. The molecular formula is C10H18F3NO. The fourth-order valence-corrected chi connectivity index (χ4v) is 1.31. The Morgan fingerprint density at radius 1 is 1.20 bits per heavy atom. The third-order valence-electron chi connectivity index (χ3n) is 2.19. The van der Waals surface area contributed by atoms with Crippen molar-refractivity contribution in [3.63, 3.8) is 0 Å². The van der Waals surface area contributed by atoms with Crippen molar-refractivity contribution in [2.45, 2.75) is 45.5 Å². The highest BCUT2D eigenvalue weighted by molar-refractivity contribution is 5.16. The van der Waals surface area contributed by atoms with Crippen molar-refractivity contribution in [2.75, 3.05) is 0 Å². The van der Waals surface area contributed by atoms with Crippen molar-refractivity contribution in [3.8, 4) is 0 Å². The molecule has 0 radical (unpaired) electrons. The third kappa shape index (κ3) is 2.87. The summed E-state index contributed by atoms with van der Waals surface area (Å²) in [5.41, 5.74) is -3.28. The summed E-state index contributed by atoms with van der Waals surface area (Å²) in [4.78, 5) is 0. The van der Waals surface area contributed by atoms with Gasteiger partial charge in [-0.2, -0.15) is 13.2 Å². The molecular weight excluding hydrogens is 207 g/mol. The fourth-order valence-electron chi connectivity index (χ4n) is 1.31. The molecule has 0 aromatic carbocycles. The van der Waals surface area contributed by atoms with E-state index in [1.165, 1.54) is 13.8 Å². The first kappa shape index (κ1) is 14.3. The van der Waals surface area contributed by atoms with Crippen molar-refractivity contribution in [1.29, 1.82) is 0 Å². The molecule has 1 unspecified atom stereocenters. The molecule has 5 heteroatoms. The van der Waals surface area contributed by atoms with Crippen LogP contribution in [0.25, 0.3) is 0 Å². The summed E-state index contributed by atoms with van der Waals surface area (Å²) in [5, 5.41) is 12.2. The molecule has 0 spiro atoms. The van der Waals surface area contributed by atoms with E-state index in [1.807, 2.05) is 0 Å². The van der Waals surface area contributed by atoms with Gasteiger partial charge in [-0.3, -0.25) is 0 Å². The van der Waals surface area contributed by atoms with Crippen LogP contribution < -0.4 is 5.32 Å². The number of hydrogen-bond donors (Lipinski definition) is 2. The first-order valence-electron chi connectivity index (χ1n) is 4.78. The zero-order valence-electron chi connectivity index (χ0n) is 9.44. The van der Waals surface area contributed by atoms with E-state index in [0.29, 0.717) is 0 Å². The summed E-state index contributed by atoms with van der Waals surface area (Å²) in [6.45, 7) is 9.25. The fraction of sp³-hybridized carbons (Fsp3) is 0.800. The summed E-state index contributed by atoms with van der Waals surface area (Å²) in [6, 6.07) is -0.204. The summed E-state index contributed by atoms with van der Waals surface area (Å²) >= 11 is 0. The molecule has 0 aromatic heterocycles. The molecule has 0 aliphatic rings. The third-order valence-corrected chi connectivity index (χ3v) is 2.19. The lowest BCUT2D eigenvalue weighted by Gasteiger charge is -2.36. The van der Waals surface area contributed by atoms with Crippen LogP contribution >= 0.6 is 0 Å². The second-order valence-corrected chi connectivity index (χ2v) is 4.20. The van der Waals surface area contributed by atoms with Gasteiger partial charge in [0.2, 0.25) is 5.60 Å². The van der Waals surface area contributed by atoms with E-state index in [0.717, 1.165) is 0 Å². The predicted molar refractivity (Wildman–Crippen MR) is 53.3 cm³/mol. The second kappa shape index (κ2) is 4.43. The Balaban J connectivity index is 5.05. The first-order valence-corrected chi connectivity index (χ1v) is 4.78. The molecule has 0 fully saturated rings. The van der Waals surface area contributed by atoms with Crippen LogP contribution in [0.1, 0.15) is 27.7 Å². The molecule has 0 amide bonds. The topological polar surface area (TPSA) is 32.3 Å². The van der Waals surface area contributed by atoms with Gasteiger partial charge >= 0.3 is 6.18 Å². The molecule has 0 bridgehead atoms. The van der Waals surface area contributed by atoms with Crippen molar-refractivity contribution in [2.24, 2.45) is 5.92 Å². The van der Waals surface area contributed by atoms with Gasteiger partial charge in [0.1, 0.15) is 0 Å². The molecule has 2 nitrogen and oxygen atoms in total. The maximum absolute atomic E-state index is 12.7. The zero-order valence-corrected chi connectivity index (χ0v) is 9.44. The van der Waals surface area contributed by atoms with Crippen LogP contribution in [0.4, 0.5) is 13.2 Å². The van der Waals surface area contributed by atoms with Crippen LogP contribution in [0.5, 0.6) is 0 Å². The molecule has 0 saturated carbocycles. The average molecular weight is 225 g/mol. The lowest BCUT2D eigenvalue weighted by Crippen LogP contribution is -2.54. The van der Waals surface area contributed by atoms with E-state index in [4.69, 9.17) is 0 Å². The van der Waals surface area contributed by atoms with Gasteiger partial charge in [-0.15, -0.1) is 0 Å². The molecule has 0 aromatic rings. The number of nitrogens with one attached hydrogen (secondary N) is 1. The van der Waals surface area contributed by atoms with Crippen LogP contribution in [0, 0.1) is 5.92 Å². The Bertz CT molecular complexity index is 235. The Labute approximate surface area is 88.2 Å². The Hall–Kier alpha value is -0.710. The van der Waals surface area contributed by atoms with Crippen LogP contribution in [0.2, 0.25) is 0 Å². The normalized spacial score (nSPS) is 16.7. The molecule has 90 valence electrons. The van der Waals surface area contributed by atoms with Gasteiger partial charge in [-0.25, -0.2) is 0 Å². The molecule has 0 rings (SSSR count). The van der Waals surface area contributed by atoms with Crippen LogP contribution in [0.3, 0.4) is 0 Å². The Kier molecular flexibility index (Phi) is 4.22. The van der Waals surface area contributed by atoms with Gasteiger partial charge in [0.05, 0.1) is 0 Å². The largest absolute Gasteiger partial charge is 0.423 e. The van der Waals surface area contributed by atoms with Crippen LogP contribution in [-0.4, -0.2) is 22.9 Å². The number of hydrogen-bond acceptors (Lipinski definition) is 2. The van der Waals surface area contributed by atoms with Gasteiger partial charge < -0.3 is 10.4 Å². The van der Waals surface area contributed by atoms with Crippen molar-refractivity contribution < 1.29 is 18.3 Å². The van der Waals surface area contributed by atoms with Gasteiger partial charge in [0.25, 0.3) is 0 Å². The summed E-state index contributed by atoms with van der Waals surface area (Å²) in [5.74, 6) is -0.990. The summed E-state index contributed by atoms with van der Waals surface area (Å²) in [7, 11) is 0. The summed E-state index contributed by atoms with van der Waals surface area (Å²) < 4.78 is 38.1. The lowest BCUT2D eigenvalue weighted by molar-refractivity contribution is -0.260. The minimum absolute atomic E-state index is 0.204. The highest BCUT2D eigenvalue weighted by Crippen LogP contribution is 2.40. The number of halogens is 3. The molecule has 0 aliphatic heterocycles. The standard InChI is InChI=1S/C10H18F3NO/c1-6(2)9(15,10(11,12)13)8(5)14-7(3)4/h6-7,14-15H,5H2,1-4H3. The smallest absolute Gasteiger partial charge is 0.384 e. The Morgan fingerprint density at radius 3 is 1.80 bits per heavy atom. The second-order valence-electron chi connectivity index (χ2n) is 4.20. The molecule has 1 atom stereocenters. The first-order chi connectivity index (χ1) is 6.53. The predicted octanol–water partition coefficient (Wildman–Crippen LogP) is 2.45. The molecule has 0 aliphatic carbocycles. The number of rotatable bonds is 4. The van der Waals surface area contributed by atoms with E-state index in [-0.39, 0.29) is 6.04 Å². The SMILES string of the molecule is C=C(NC(C)C)C(O)(C(C)C)C(F)(F)F. The minimum Gasteiger partial charge on any atom is -0.384 e. The maximum atomic E-state index is 12.7. The van der Waals surface area contributed by atoms with E-state index in [1.54, 1.807) is 13.8 Å². The highest BCUT2D eigenvalue weighted by Gasteiger charge is 2.57. The van der Waals surface area contributed by atoms with E-state index in [2.05, 4.69) is 11.9 Å². The monoisotopic (exact) mass is 225 g/mol. The maximum Gasteiger partial charge on any atom is 0.423 e. The van der Waals surface area contributed by atoms with Crippen molar-refractivity contribution in [1.82, 2.24) is 5.32 Å². The van der Waals surface area contributed by atoms with Crippen LogP contribution in [-0.2, 0) is 0 Å². The molecule has 0 heterocycles. The molecule has 2 N–H and O–H groups in total. The minimum atomic E-state index is -4.72. The Morgan fingerprint density at radius 2 is 1.60 bits per heavy atom. The van der Waals surface area contributed by atoms with E-state index < -0.39 is 23.4 Å². The lowest BCUT2D eigenvalue weighted by atomic mass is 9.86. The van der Waals surface area contributed by atoms with Gasteiger partial charge in [-0.05, 0) is 19.8 Å².